The van der Waals surface area contributed by atoms with Crippen molar-refractivity contribution in [1.29, 1.82) is 0 Å². The lowest BCUT2D eigenvalue weighted by molar-refractivity contribution is -0.143. The number of hydrogen-bond donors (Lipinski definition) is 3. The molecule has 458 valence electrons. The Morgan fingerprint density at radius 2 is 0.654 bits per heavy atom. The predicted octanol–water partition coefficient (Wildman–Crippen LogP) is 22.5. The van der Waals surface area contributed by atoms with Crippen LogP contribution in [-0.2, 0) is 14.3 Å². The molecule has 0 aromatic carbocycles. The van der Waals surface area contributed by atoms with Gasteiger partial charge in [-0.15, -0.1) is 0 Å². The van der Waals surface area contributed by atoms with E-state index in [9.17, 15) is 19.8 Å². The topological polar surface area (TPSA) is 95.9 Å². The molecule has 3 N–H and O–H groups in total. The van der Waals surface area contributed by atoms with Crippen LogP contribution in [-0.4, -0.2) is 47.4 Å². The highest BCUT2D eigenvalue weighted by atomic mass is 16.5. The van der Waals surface area contributed by atoms with Gasteiger partial charge in [-0.25, -0.2) is 0 Å². The van der Waals surface area contributed by atoms with Crippen LogP contribution in [0.1, 0.15) is 373 Å². The van der Waals surface area contributed by atoms with Crippen molar-refractivity contribution in [1.82, 2.24) is 5.32 Å². The zero-order chi connectivity index (χ0) is 56.4. The van der Waals surface area contributed by atoms with Gasteiger partial charge in [-0.1, -0.05) is 326 Å². The molecule has 0 saturated heterocycles. The van der Waals surface area contributed by atoms with Crippen LogP contribution in [0, 0.1) is 0 Å². The summed E-state index contributed by atoms with van der Waals surface area (Å²) in [5, 5.41) is 23.3. The van der Waals surface area contributed by atoms with Crippen LogP contribution in [0.15, 0.2) is 48.6 Å². The Morgan fingerprint density at radius 1 is 0.359 bits per heavy atom. The second kappa shape index (κ2) is 67.3. The molecule has 0 radical (unpaired) electrons. The minimum Gasteiger partial charge on any atom is -0.466 e. The number of aliphatic hydroxyl groups excluding tert-OH is 2. The third-order valence-corrected chi connectivity index (χ3v) is 16.1. The van der Waals surface area contributed by atoms with E-state index in [4.69, 9.17) is 4.74 Å². The Kier molecular flexibility index (Phi) is 65.4. The Balaban J connectivity index is 3.44. The summed E-state index contributed by atoms with van der Waals surface area (Å²) in [5.74, 6) is -0.0719. The average molecular weight is 1090 g/mol. The summed E-state index contributed by atoms with van der Waals surface area (Å²) in [5.41, 5.74) is 0. The first kappa shape index (κ1) is 75.8. The third kappa shape index (κ3) is 63.0. The van der Waals surface area contributed by atoms with E-state index in [2.05, 4.69) is 55.6 Å². The van der Waals surface area contributed by atoms with Gasteiger partial charge < -0.3 is 20.3 Å². The Bertz CT molecular complexity index is 1310. The molecule has 0 aliphatic rings. The molecule has 0 aliphatic heterocycles. The van der Waals surface area contributed by atoms with E-state index in [0.29, 0.717) is 19.4 Å². The molecule has 2 unspecified atom stereocenters. The van der Waals surface area contributed by atoms with Crippen LogP contribution in [0.5, 0.6) is 0 Å². The standard InChI is InChI=1S/C72H135NO5/c1-3-5-7-9-11-13-15-17-19-20-21-22-25-28-31-34-37-40-44-48-52-56-60-64-70(75)69(68-74)73-71(76)65-61-57-53-49-45-41-38-35-32-29-26-23-24-27-30-33-36-39-43-47-51-55-59-63-67-78-72(77)66-62-58-54-50-46-42-18-16-14-12-10-8-6-4-2/h10,12,16,18,26,29,60,64,69-70,74-75H,3-9,11,13-15,17,19-25,27-28,30-59,61-63,65-68H2,1-2H3,(H,73,76)/b12-10-,18-16-,29-26-,64-60+. The lowest BCUT2D eigenvalue weighted by Crippen LogP contribution is -2.45. The van der Waals surface area contributed by atoms with Crippen molar-refractivity contribution in [2.24, 2.45) is 0 Å². The molecular formula is C72H135NO5. The Hall–Kier alpha value is -2.18. The van der Waals surface area contributed by atoms with Crippen molar-refractivity contribution in [3.8, 4) is 0 Å². The highest BCUT2D eigenvalue weighted by Crippen LogP contribution is 2.18. The van der Waals surface area contributed by atoms with Crippen molar-refractivity contribution >= 4 is 11.9 Å². The first-order valence-electron chi connectivity index (χ1n) is 34.9. The van der Waals surface area contributed by atoms with Crippen molar-refractivity contribution in [2.75, 3.05) is 13.2 Å². The van der Waals surface area contributed by atoms with Crippen molar-refractivity contribution in [3.63, 3.8) is 0 Å². The van der Waals surface area contributed by atoms with Crippen LogP contribution in [0.2, 0.25) is 0 Å². The molecule has 1 amide bonds. The maximum absolute atomic E-state index is 12.5. The monoisotopic (exact) mass is 1090 g/mol. The predicted molar refractivity (Wildman–Crippen MR) is 342 cm³/mol. The van der Waals surface area contributed by atoms with E-state index in [1.54, 1.807) is 6.08 Å². The quantitative estimate of drug-likeness (QED) is 0.0320. The largest absolute Gasteiger partial charge is 0.466 e. The van der Waals surface area contributed by atoms with Gasteiger partial charge in [0.2, 0.25) is 5.91 Å². The molecule has 6 nitrogen and oxygen atoms in total. The number of ether oxygens (including phenoxy) is 1. The summed E-state index contributed by atoms with van der Waals surface area (Å²) in [7, 11) is 0. The van der Waals surface area contributed by atoms with Gasteiger partial charge in [-0.2, -0.15) is 0 Å². The molecule has 0 fully saturated rings. The number of rotatable bonds is 65. The smallest absolute Gasteiger partial charge is 0.305 e. The molecule has 2 atom stereocenters. The van der Waals surface area contributed by atoms with Crippen molar-refractivity contribution < 1.29 is 24.5 Å². The summed E-state index contributed by atoms with van der Waals surface area (Å²) in [4.78, 5) is 24.6. The lowest BCUT2D eigenvalue weighted by atomic mass is 10.0. The van der Waals surface area contributed by atoms with E-state index in [1.807, 2.05) is 6.08 Å². The SMILES string of the molecule is CCCC/C=C\C/C=C\CCCCCCCC(=O)OCCCCCCCCCCCCCC/C=C\CCCCCCCCCCC(=O)NC(CO)C(O)/C=C/CCCCCCCCCCCCCCCCCCCCCCC. The van der Waals surface area contributed by atoms with Gasteiger partial charge in [-0.3, -0.25) is 9.59 Å². The van der Waals surface area contributed by atoms with Gasteiger partial charge in [-0.05, 0) is 83.5 Å². The molecule has 0 bridgehead atoms. The lowest BCUT2D eigenvalue weighted by Gasteiger charge is -2.20. The van der Waals surface area contributed by atoms with Crippen LogP contribution >= 0.6 is 0 Å². The Labute approximate surface area is 486 Å². The van der Waals surface area contributed by atoms with Crippen LogP contribution in [0.25, 0.3) is 0 Å². The van der Waals surface area contributed by atoms with Crippen LogP contribution in [0.3, 0.4) is 0 Å². The van der Waals surface area contributed by atoms with Crippen molar-refractivity contribution in [2.45, 2.75) is 386 Å². The summed E-state index contributed by atoms with van der Waals surface area (Å²) in [6.07, 6.45) is 87.5. The molecule has 0 aliphatic carbocycles. The number of allylic oxidation sites excluding steroid dienone is 7. The highest BCUT2D eigenvalue weighted by molar-refractivity contribution is 5.76. The molecule has 6 heteroatoms. The van der Waals surface area contributed by atoms with E-state index in [1.165, 1.54) is 295 Å². The first-order chi connectivity index (χ1) is 38.5. The second-order valence-corrected chi connectivity index (χ2v) is 23.9. The second-order valence-electron chi connectivity index (χ2n) is 23.9. The van der Waals surface area contributed by atoms with Gasteiger partial charge in [0.05, 0.1) is 25.4 Å². The number of carbonyl (C=O) groups excluding carboxylic acids is 2. The highest BCUT2D eigenvalue weighted by Gasteiger charge is 2.18. The van der Waals surface area contributed by atoms with Gasteiger partial charge in [0, 0.05) is 12.8 Å². The van der Waals surface area contributed by atoms with E-state index in [-0.39, 0.29) is 18.5 Å². The number of aliphatic hydroxyl groups is 2. The maximum Gasteiger partial charge on any atom is 0.305 e. The summed E-state index contributed by atoms with van der Waals surface area (Å²) in [6, 6.07) is -0.633. The van der Waals surface area contributed by atoms with Crippen LogP contribution < -0.4 is 5.32 Å². The average Bonchev–Trinajstić information content (AvgIpc) is 3.44. The summed E-state index contributed by atoms with van der Waals surface area (Å²) in [6.45, 7) is 4.88. The zero-order valence-electron chi connectivity index (χ0n) is 52.4. The number of esters is 1. The van der Waals surface area contributed by atoms with E-state index >= 15 is 0 Å². The Morgan fingerprint density at radius 3 is 1.03 bits per heavy atom. The fraction of sp³-hybridized carbons (Fsp3) is 0.861. The number of amides is 1. The summed E-state index contributed by atoms with van der Waals surface area (Å²) < 4.78 is 5.48. The molecular weight excluding hydrogens is 959 g/mol. The summed E-state index contributed by atoms with van der Waals surface area (Å²) >= 11 is 0. The first-order valence-corrected chi connectivity index (χ1v) is 34.9. The maximum atomic E-state index is 12.5. The van der Waals surface area contributed by atoms with Crippen LogP contribution in [0.4, 0.5) is 0 Å². The number of unbranched alkanes of at least 4 members (excludes halogenated alkanes) is 48. The van der Waals surface area contributed by atoms with Gasteiger partial charge in [0.25, 0.3) is 0 Å². The number of carbonyl (C=O) groups is 2. The van der Waals surface area contributed by atoms with Gasteiger partial charge in [0.1, 0.15) is 0 Å². The molecule has 78 heavy (non-hydrogen) atoms. The minimum absolute atomic E-state index is 0.00246. The normalized spacial score (nSPS) is 12.8. The molecule has 0 heterocycles. The van der Waals surface area contributed by atoms with Crippen molar-refractivity contribution in [3.05, 3.63) is 48.6 Å². The van der Waals surface area contributed by atoms with Gasteiger partial charge >= 0.3 is 5.97 Å². The van der Waals surface area contributed by atoms with E-state index in [0.717, 1.165) is 51.4 Å². The number of hydrogen-bond acceptors (Lipinski definition) is 5. The molecule has 0 aromatic rings. The third-order valence-electron chi connectivity index (χ3n) is 16.1. The minimum atomic E-state index is -0.850. The van der Waals surface area contributed by atoms with E-state index < -0.39 is 12.1 Å². The molecule has 0 saturated carbocycles. The zero-order valence-corrected chi connectivity index (χ0v) is 52.4. The molecule has 0 rings (SSSR count). The molecule has 0 spiro atoms. The fourth-order valence-electron chi connectivity index (χ4n) is 10.7. The van der Waals surface area contributed by atoms with Gasteiger partial charge in [0.15, 0.2) is 0 Å². The molecule has 0 aromatic heterocycles. The number of nitrogens with one attached hydrogen (secondary N) is 1. The fourth-order valence-corrected chi connectivity index (χ4v) is 10.7.